The minimum atomic E-state index is -0.689. The molecule has 0 fully saturated rings. The van der Waals surface area contributed by atoms with E-state index < -0.39 is 11.6 Å². The molecule has 0 aliphatic rings. The van der Waals surface area contributed by atoms with Crippen molar-refractivity contribution in [2.45, 2.75) is 0 Å². The summed E-state index contributed by atoms with van der Waals surface area (Å²) >= 11 is 0. The molecule has 0 saturated heterocycles. The largest absolute Gasteiger partial charge is 0.251 e. The molecular weight excluding hydrogens is 260 g/mol. The van der Waals surface area contributed by atoms with E-state index in [9.17, 15) is 8.78 Å². The maximum absolute atomic E-state index is 13.4. The van der Waals surface area contributed by atoms with Crippen molar-refractivity contribution in [2.24, 2.45) is 0 Å². The molecule has 0 saturated carbocycles. The predicted octanol–water partition coefficient (Wildman–Crippen LogP) is 2.70. The summed E-state index contributed by atoms with van der Waals surface area (Å²) in [6.45, 7) is 0. The Morgan fingerprint density at radius 2 is 1.75 bits per heavy atom. The third-order valence-corrected chi connectivity index (χ3v) is 2.60. The number of benzene rings is 1. The van der Waals surface area contributed by atoms with Crippen molar-refractivity contribution in [2.75, 3.05) is 0 Å². The van der Waals surface area contributed by atoms with Gasteiger partial charge in [-0.3, -0.25) is 4.98 Å². The zero-order valence-corrected chi connectivity index (χ0v) is 10.1. The van der Waals surface area contributed by atoms with Crippen LogP contribution in [0.5, 0.6) is 0 Å². The van der Waals surface area contributed by atoms with Gasteiger partial charge in [0.1, 0.15) is 17.2 Å². The van der Waals surface area contributed by atoms with E-state index in [-0.39, 0.29) is 5.56 Å². The molecule has 5 heteroatoms. The van der Waals surface area contributed by atoms with Crippen molar-refractivity contribution in [3.63, 3.8) is 0 Å². The van der Waals surface area contributed by atoms with Crippen LogP contribution in [0, 0.1) is 23.5 Å². The van der Waals surface area contributed by atoms with Gasteiger partial charge in [0.05, 0.1) is 5.56 Å². The fourth-order valence-electron chi connectivity index (χ4n) is 1.66. The number of rotatable bonds is 0. The smallest absolute Gasteiger partial charge is 0.178 e. The summed E-state index contributed by atoms with van der Waals surface area (Å²) in [7, 11) is 0. The van der Waals surface area contributed by atoms with Crippen LogP contribution in [0.2, 0.25) is 0 Å². The van der Waals surface area contributed by atoms with Gasteiger partial charge in [0.25, 0.3) is 0 Å². The monoisotopic (exact) mass is 267 g/mol. The molecule has 1 aromatic carbocycles. The lowest BCUT2D eigenvalue weighted by Gasteiger charge is -1.95. The third kappa shape index (κ3) is 2.45. The van der Waals surface area contributed by atoms with E-state index in [1.807, 2.05) is 0 Å². The van der Waals surface area contributed by atoms with Gasteiger partial charge in [-0.05, 0) is 18.2 Å². The van der Waals surface area contributed by atoms with Gasteiger partial charge < -0.3 is 0 Å². The van der Waals surface area contributed by atoms with E-state index in [4.69, 9.17) is 0 Å². The Hall–Kier alpha value is -2.87. The summed E-state index contributed by atoms with van der Waals surface area (Å²) in [6, 6.07) is 4.97. The van der Waals surface area contributed by atoms with Crippen molar-refractivity contribution in [3.05, 3.63) is 65.6 Å². The van der Waals surface area contributed by atoms with E-state index in [1.165, 1.54) is 12.3 Å². The van der Waals surface area contributed by atoms with Gasteiger partial charge in [-0.2, -0.15) is 0 Å². The van der Waals surface area contributed by atoms with Gasteiger partial charge in [-0.1, -0.05) is 11.8 Å². The molecular formula is C15H7F2N3. The SMILES string of the molecule is Fc1ccc(C#Cc2cnc3nccnc3c2)c(F)c1. The Balaban J connectivity index is 1.99. The minimum Gasteiger partial charge on any atom is -0.251 e. The number of fused-ring (bicyclic) bond motifs is 1. The Morgan fingerprint density at radius 3 is 2.60 bits per heavy atom. The lowest BCUT2D eigenvalue weighted by atomic mass is 10.2. The lowest BCUT2D eigenvalue weighted by molar-refractivity contribution is 0.581. The Labute approximate surface area is 113 Å². The van der Waals surface area contributed by atoms with E-state index in [1.54, 1.807) is 18.5 Å². The van der Waals surface area contributed by atoms with Crippen molar-refractivity contribution in [3.8, 4) is 11.8 Å². The quantitative estimate of drug-likeness (QED) is 0.588. The highest BCUT2D eigenvalue weighted by molar-refractivity contribution is 5.70. The Kier molecular flexibility index (Phi) is 3.05. The molecule has 0 atom stereocenters. The molecule has 96 valence electrons. The van der Waals surface area contributed by atoms with Crippen molar-refractivity contribution in [1.82, 2.24) is 15.0 Å². The summed E-state index contributed by atoms with van der Waals surface area (Å²) in [5, 5.41) is 0. The molecule has 0 bridgehead atoms. The standard InChI is InChI=1S/C15H7F2N3/c16-12-4-3-11(13(17)8-12)2-1-10-7-14-15(20-9-10)19-6-5-18-14/h3-9H. The zero-order valence-electron chi connectivity index (χ0n) is 10.1. The highest BCUT2D eigenvalue weighted by Crippen LogP contribution is 2.09. The Bertz CT molecular complexity index is 850. The van der Waals surface area contributed by atoms with Crippen LogP contribution in [0.3, 0.4) is 0 Å². The number of hydrogen-bond donors (Lipinski definition) is 0. The summed E-state index contributed by atoms with van der Waals surface area (Å²) in [4.78, 5) is 12.3. The van der Waals surface area contributed by atoms with Crippen LogP contribution in [-0.4, -0.2) is 15.0 Å². The normalized spacial score (nSPS) is 10.1. The molecule has 0 spiro atoms. The fraction of sp³-hybridized carbons (Fsp3) is 0. The molecule has 2 aromatic heterocycles. The van der Waals surface area contributed by atoms with Crippen LogP contribution < -0.4 is 0 Å². The maximum Gasteiger partial charge on any atom is 0.178 e. The van der Waals surface area contributed by atoms with Crippen molar-refractivity contribution < 1.29 is 8.78 Å². The molecule has 0 radical (unpaired) electrons. The van der Waals surface area contributed by atoms with Crippen LogP contribution in [0.15, 0.2) is 42.9 Å². The van der Waals surface area contributed by atoms with Crippen molar-refractivity contribution in [1.29, 1.82) is 0 Å². The molecule has 0 aliphatic carbocycles. The molecule has 0 N–H and O–H groups in total. The first kappa shape index (κ1) is 12.2. The summed E-state index contributed by atoms with van der Waals surface area (Å²) in [6.07, 6.45) is 4.64. The second kappa shape index (κ2) is 5.02. The first-order chi connectivity index (χ1) is 9.72. The van der Waals surface area contributed by atoms with Gasteiger partial charge >= 0.3 is 0 Å². The summed E-state index contributed by atoms with van der Waals surface area (Å²) in [5.74, 6) is 4.09. The average Bonchev–Trinajstić information content (AvgIpc) is 2.46. The predicted molar refractivity (Wildman–Crippen MR) is 69.7 cm³/mol. The Morgan fingerprint density at radius 1 is 0.900 bits per heavy atom. The molecule has 20 heavy (non-hydrogen) atoms. The van der Waals surface area contributed by atoms with Gasteiger partial charge in [-0.15, -0.1) is 0 Å². The van der Waals surface area contributed by atoms with Gasteiger partial charge in [0.15, 0.2) is 5.65 Å². The molecule has 2 heterocycles. The first-order valence-electron chi connectivity index (χ1n) is 5.76. The van der Waals surface area contributed by atoms with Crippen molar-refractivity contribution >= 4 is 11.2 Å². The second-order valence-corrected chi connectivity index (χ2v) is 4.00. The van der Waals surface area contributed by atoms with E-state index in [2.05, 4.69) is 26.8 Å². The number of nitrogens with zero attached hydrogens (tertiary/aromatic N) is 3. The van der Waals surface area contributed by atoms with Crippen LogP contribution in [-0.2, 0) is 0 Å². The van der Waals surface area contributed by atoms with Crippen LogP contribution >= 0.6 is 0 Å². The third-order valence-electron chi connectivity index (χ3n) is 2.60. The van der Waals surface area contributed by atoms with E-state index in [0.717, 1.165) is 12.1 Å². The van der Waals surface area contributed by atoms with Gasteiger partial charge in [0.2, 0.25) is 0 Å². The molecule has 0 unspecified atom stereocenters. The fourth-order valence-corrected chi connectivity index (χ4v) is 1.66. The second-order valence-electron chi connectivity index (χ2n) is 4.00. The van der Waals surface area contributed by atoms with E-state index in [0.29, 0.717) is 16.7 Å². The van der Waals surface area contributed by atoms with Crippen LogP contribution in [0.1, 0.15) is 11.1 Å². The highest BCUT2D eigenvalue weighted by atomic mass is 19.1. The number of hydrogen-bond acceptors (Lipinski definition) is 3. The zero-order chi connectivity index (χ0) is 13.9. The summed E-state index contributed by atoms with van der Waals surface area (Å²) < 4.78 is 26.2. The summed E-state index contributed by atoms with van der Waals surface area (Å²) in [5.41, 5.74) is 1.84. The van der Waals surface area contributed by atoms with Crippen LogP contribution in [0.25, 0.3) is 11.2 Å². The highest BCUT2D eigenvalue weighted by Gasteiger charge is 2.01. The molecule has 3 nitrogen and oxygen atoms in total. The number of halogens is 2. The topological polar surface area (TPSA) is 38.7 Å². The first-order valence-corrected chi connectivity index (χ1v) is 5.76. The average molecular weight is 267 g/mol. The molecule has 3 aromatic rings. The van der Waals surface area contributed by atoms with Gasteiger partial charge in [0, 0.05) is 30.2 Å². The number of aromatic nitrogens is 3. The molecule has 0 amide bonds. The van der Waals surface area contributed by atoms with Crippen LogP contribution in [0.4, 0.5) is 8.78 Å². The number of pyridine rings is 1. The molecule has 3 rings (SSSR count). The van der Waals surface area contributed by atoms with Gasteiger partial charge in [-0.25, -0.2) is 18.7 Å². The van der Waals surface area contributed by atoms with E-state index >= 15 is 0 Å². The minimum absolute atomic E-state index is 0.130. The lowest BCUT2D eigenvalue weighted by Crippen LogP contribution is -1.88. The molecule has 0 aliphatic heterocycles. The maximum atomic E-state index is 13.4.